The van der Waals surface area contributed by atoms with Crippen LogP contribution in [-0.4, -0.2) is 32.8 Å². The summed E-state index contributed by atoms with van der Waals surface area (Å²) in [7, 11) is 1.75. The molecule has 0 heterocycles. The van der Waals surface area contributed by atoms with Crippen LogP contribution in [0.5, 0.6) is 0 Å². The molecule has 0 saturated carbocycles. The van der Waals surface area contributed by atoms with Crippen molar-refractivity contribution in [2.24, 2.45) is 0 Å². The molecule has 0 fully saturated rings. The van der Waals surface area contributed by atoms with E-state index in [0.29, 0.717) is 6.04 Å². The van der Waals surface area contributed by atoms with Crippen molar-refractivity contribution in [2.75, 3.05) is 31.7 Å². The molecule has 0 unspecified atom stereocenters. The number of hydrogen-bond acceptors (Lipinski definition) is 3. The molecule has 0 atom stereocenters. The van der Waals surface area contributed by atoms with E-state index in [1.807, 2.05) is 0 Å². The molecule has 1 rings (SSSR count). The lowest BCUT2D eigenvalue weighted by Gasteiger charge is -2.26. The van der Waals surface area contributed by atoms with Gasteiger partial charge in [0.25, 0.3) is 0 Å². The molecule has 1 N–H and O–H groups in total. The van der Waals surface area contributed by atoms with Crippen molar-refractivity contribution in [2.45, 2.75) is 33.4 Å². The minimum absolute atomic E-state index is 0.487. The lowest BCUT2D eigenvalue weighted by molar-refractivity contribution is 0.205. The Bertz CT molecular complexity index is 382. The third kappa shape index (κ3) is 5.51. The summed E-state index contributed by atoms with van der Waals surface area (Å²) in [6.07, 6.45) is 0. The zero-order valence-electron chi connectivity index (χ0n) is 12.4. The van der Waals surface area contributed by atoms with Crippen molar-refractivity contribution in [1.29, 1.82) is 0 Å². The number of ether oxygens (including phenoxy) is 1. The number of nitrogens with zero attached hydrogens (tertiary/aromatic N) is 1. The van der Waals surface area contributed by atoms with Gasteiger partial charge in [-0.1, -0.05) is 29.8 Å². The standard InChI is InChI=1S/C15H25BrN2O/c1-5-18(8-9-19-4)15-7-6-14(16)10-13(15)11-17-12(2)3/h6-7,10,12,17H,5,8-9,11H2,1-4H3. The van der Waals surface area contributed by atoms with Gasteiger partial charge in [0, 0.05) is 42.9 Å². The van der Waals surface area contributed by atoms with Crippen LogP contribution in [-0.2, 0) is 11.3 Å². The Hall–Kier alpha value is -0.580. The van der Waals surface area contributed by atoms with Crippen LogP contribution in [0.3, 0.4) is 0 Å². The monoisotopic (exact) mass is 328 g/mol. The molecule has 1 aromatic rings. The fraction of sp³-hybridized carbons (Fsp3) is 0.600. The number of nitrogens with one attached hydrogen (secondary N) is 1. The molecule has 3 nitrogen and oxygen atoms in total. The summed E-state index contributed by atoms with van der Waals surface area (Å²) in [5.74, 6) is 0. The first-order valence-corrected chi connectivity index (χ1v) is 7.63. The van der Waals surface area contributed by atoms with E-state index in [-0.39, 0.29) is 0 Å². The molecule has 0 bridgehead atoms. The molecule has 1 aromatic carbocycles. The van der Waals surface area contributed by atoms with Crippen LogP contribution in [0.25, 0.3) is 0 Å². The van der Waals surface area contributed by atoms with E-state index in [4.69, 9.17) is 4.74 Å². The van der Waals surface area contributed by atoms with Crippen LogP contribution in [0.2, 0.25) is 0 Å². The number of benzene rings is 1. The maximum Gasteiger partial charge on any atom is 0.0637 e. The SMILES string of the molecule is CCN(CCOC)c1ccc(Br)cc1CNC(C)C. The molecule has 0 aliphatic heterocycles. The summed E-state index contributed by atoms with van der Waals surface area (Å²) in [5, 5.41) is 3.49. The van der Waals surface area contributed by atoms with Crippen LogP contribution in [0.15, 0.2) is 22.7 Å². The molecule has 0 aliphatic rings. The Morgan fingerprint density at radius 3 is 2.68 bits per heavy atom. The lowest BCUT2D eigenvalue weighted by atomic mass is 10.1. The first-order valence-electron chi connectivity index (χ1n) is 6.84. The molecule has 0 amide bonds. The second kappa shape index (κ2) is 8.56. The number of rotatable bonds is 8. The first kappa shape index (κ1) is 16.5. The van der Waals surface area contributed by atoms with E-state index in [0.717, 1.165) is 30.7 Å². The lowest BCUT2D eigenvalue weighted by Crippen LogP contribution is -2.29. The molecular weight excluding hydrogens is 304 g/mol. The van der Waals surface area contributed by atoms with Gasteiger partial charge in [0.05, 0.1) is 6.61 Å². The van der Waals surface area contributed by atoms with Gasteiger partial charge in [-0.05, 0) is 30.7 Å². The number of anilines is 1. The highest BCUT2D eigenvalue weighted by Gasteiger charge is 2.10. The summed E-state index contributed by atoms with van der Waals surface area (Å²) < 4.78 is 6.32. The Morgan fingerprint density at radius 2 is 2.11 bits per heavy atom. The van der Waals surface area contributed by atoms with Gasteiger partial charge >= 0.3 is 0 Å². The molecule has 0 saturated heterocycles. The maximum atomic E-state index is 5.19. The highest BCUT2D eigenvalue weighted by atomic mass is 79.9. The van der Waals surface area contributed by atoms with Gasteiger partial charge in [-0.15, -0.1) is 0 Å². The van der Waals surface area contributed by atoms with E-state index in [2.05, 4.69) is 65.1 Å². The van der Waals surface area contributed by atoms with Crippen molar-refractivity contribution < 1.29 is 4.74 Å². The van der Waals surface area contributed by atoms with E-state index >= 15 is 0 Å². The van der Waals surface area contributed by atoms with E-state index in [1.54, 1.807) is 7.11 Å². The van der Waals surface area contributed by atoms with E-state index < -0.39 is 0 Å². The summed E-state index contributed by atoms with van der Waals surface area (Å²) in [6.45, 7) is 10.1. The molecular formula is C15H25BrN2O. The zero-order valence-corrected chi connectivity index (χ0v) is 14.0. The molecule has 19 heavy (non-hydrogen) atoms. The van der Waals surface area contributed by atoms with Crippen molar-refractivity contribution in [3.05, 3.63) is 28.2 Å². The van der Waals surface area contributed by atoms with Gasteiger partial charge in [0.2, 0.25) is 0 Å². The fourth-order valence-corrected chi connectivity index (χ4v) is 2.38. The maximum absolute atomic E-state index is 5.19. The van der Waals surface area contributed by atoms with Gasteiger partial charge in [0.15, 0.2) is 0 Å². The fourth-order valence-electron chi connectivity index (χ4n) is 1.97. The normalized spacial score (nSPS) is 11.1. The summed E-state index contributed by atoms with van der Waals surface area (Å²) >= 11 is 3.56. The smallest absolute Gasteiger partial charge is 0.0637 e. The number of likely N-dealkylation sites (N-methyl/N-ethyl adjacent to an activating group) is 1. The Morgan fingerprint density at radius 1 is 1.37 bits per heavy atom. The third-order valence-electron chi connectivity index (χ3n) is 3.03. The average molecular weight is 329 g/mol. The Labute approximate surface area is 125 Å². The van der Waals surface area contributed by atoms with E-state index in [9.17, 15) is 0 Å². The van der Waals surface area contributed by atoms with Gasteiger partial charge in [-0.3, -0.25) is 0 Å². The molecule has 4 heteroatoms. The minimum Gasteiger partial charge on any atom is -0.383 e. The van der Waals surface area contributed by atoms with Gasteiger partial charge in [0.1, 0.15) is 0 Å². The van der Waals surface area contributed by atoms with Crippen LogP contribution in [0.4, 0.5) is 5.69 Å². The molecule has 0 aliphatic carbocycles. The van der Waals surface area contributed by atoms with Crippen LogP contribution in [0, 0.1) is 0 Å². The second-order valence-electron chi connectivity index (χ2n) is 4.88. The highest BCUT2D eigenvalue weighted by Crippen LogP contribution is 2.24. The topological polar surface area (TPSA) is 24.5 Å². The van der Waals surface area contributed by atoms with Crippen LogP contribution in [0.1, 0.15) is 26.3 Å². The van der Waals surface area contributed by atoms with Crippen molar-refractivity contribution in [3.63, 3.8) is 0 Å². The summed E-state index contributed by atoms with van der Waals surface area (Å²) in [4.78, 5) is 2.35. The number of hydrogen-bond donors (Lipinski definition) is 1. The highest BCUT2D eigenvalue weighted by molar-refractivity contribution is 9.10. The molecule has 0 spiro atoms. The van der Waals surface area contributed by atoms with Crippen molar-refractivity contribution >= 4 is 21.6 Å². The van der Waals surface area contributed by atoms with Crippen molar-refractivity contribution in [1.82, 2.24) is 5.32 Å². The van der Waals surface area contributed by atoms with Crippen LogP contribution < -0.4 is 10.2 Å². The van der Waals surface area contributed by atoms with Gasteiger partial charge < -0.3 is 15.0 Å². The molecule has 0 aromatic heterocycles. The van der Waals surface area contributed by atoms with Gasteiger partial charge in [-0.25, -0.2) is 0 Å². The summed E-state index contributed by atoms with van der Waals surface area (Å²) in [5.41, 5.74) is 2.61. The summed E-state index contributed by atoms with van der Waals surface area (Å²) in [6, 6.07) is 6.96. The average Bonchev–Trinajstić information content (AvgIpc) is 2.38. The van der Waals surface area contributed by atoms with E-state index in [1.165, 1.54) is 11.3 Å². The third-order valence-corrected chi connectivity index (χ3v) is 3.52. The van der Waals surface area contributed by atoms with Crippen LogP contribution >= 0.6 is 15.9 Å². The number of methoxy groups -OCH3 is 1. The number of halogens is 1. The predicted molar refractivity (Wildman–Crippen MR) is 85.9 cm³/mol. The first-order chi connectivity index (χ1) is 9.08. The second-order valence-corrected chi connectivity index (χ2v) is 5.80. The van der Waals surface area contributed by atoms with Gasteiger partial charge in [-0.2, -0.15) is 0 Å². The zero-order chi connectivity index (χ0) is 14.3. The minimum atomic E-state index is 0.487. The quantitative estimate of drug-likeness (QED) is 0.791. The molecule has 0 radical (unpaired) electrons. The Kier molecular flexibility index (Phi) is 7.42. The van der Waals surface area contributed by atoms with Crippen molar-refractivity contribution in [3.8, 4) is 0 Å². The Balaban J connectivity index is 2.89. The predicted octanol–water partition coefficient (Wildman–Crippen LogP) is 3.42. The molecule has 108 valence electrons. The largest absolute Gasteiger partial charge is 0.383 e.